The molecular formula is C23H35N3O5. The van der Waals surface area contributed by atoms with Gasteiger partial charge < -0.3 is 19.7 Å². The molecule has 1 fully saturated rings. The molecule has 0 radical (unpaired) electrons. The van der Waals surface area contributed by atoms with Crippen LogP contribution in [-0.4, -0.2) is 79.2 Å². The first-order valence-corrected chi connectivity index (χ1v) is 10.8. The Kier molecular flexibility index (Phi) is 9.30. The van der Waals surface area contributed by atoms with Crippen molar-refractivity contribution in [3.05, 3.63) is 35.9 Å². The van der Waals surface area contributed by atoms with Gasteiger partial charge in [-0.25, -0.2) is 4.79 Å². The highest BCUT2D eigenvalue weighted by Gasteiger charge is 2.30. The van der Waals surface area contributed by atoms with E-state index in [4.69, 9.17) is 9.47 Å². The molecule has 1 aromatic carbocycles. The van der Waals surface area contributed by atoms with E-state index in [9.17, 15) is 14.4 Å². The number of carbonyl (C=O) groups excluding carboxylic acids is 3. The zero-order chi connectivity index (χ0) is 22.9. The highest BCUT2D eigenvalue weighted by Crippen LogP contribution is 2.18. The van der Waals surface area contributed by atoms with Crippen molar-refractivity contribution >= 4 is 17.9 Å². The van der Waals surface area contributed by atoms with E-state index in [-0.39, 0.29) is 30.9 Å². The standard InChI is InChI=1S/C23H35N3O5/c1-23(2,3)31-22(29)25(14-15-30-4)17-20(27)26-13-9-8-12-19(26)16-24-21(28)18-10-6-5-7-11-18/h5-7,10-11,19H,8-9,12-17H2,1-4H3,(H,24,28). The lowest BCUT2D eigenvalue weighted by molar-refractivity contribution is -0.136. The Hall–Kier alpha value is -2.61. The largest absolute Gasteiger partial charge is 0.444 e. The molecule has 172 valence electrons. The van der Waals surface area contributed by atoms with E-state index < -0.39 is 11.7 Å². The third-order valence-corrected chi connectivity index (χ3v) is 5.02. The van der Waals surface area contributed by atoms with E-state index in [1.54, 1.807) is 44.9 Å². The van der Waals surface area contributed by atoms with Crippen LogP contribution in [-0.2, 0) is 14.3 Å². The fourth-order valence-corrected chi connectivity index (χ4v) is 3.46. The van der Waals surface area contributed by atoms with Crippen LogP contribution in [0.25, 0.3) is 0 Å². The second-order valence-electron chi connectivity index (χ2n) is 8.71. The van der Waals surface area contributed by atoms with Gasteiger partial charge in [0.15, 0.2) is 0 Å². The number of methoxy groups -OCH3 is 1. The van der Waals surface area contributed by atoms with Crippen LogP contribution in [0.15, 0.2) is 30.3 Å². The zero-order valence-electron chi connectivity index (χ0n) is 19.1. The number of hydrogen-bond acceptors (Lipinski definition) is 5. The molecule has 0 spiro atoms. The maximum absolute atomic E-state index is 13.1. The van der Waals surface area contributed by atoms with Gasteiger partial charge in [-0.3, -0.25) is 14.5 Å². The molecule has 0 aliphatic carbocycles. The maximum atomic E-state index is 13.1. The van der Waals surface area contributed by atoms with Crippen LogP contribution in [0.1, 0.15) is 50.4 Å². The van der Waals surface area contributed by atoms with Gasteiger partial charge in [0.05, 0.1) is 6.61 Å². The summed E-state index contributed by atoms with van der Waals surface area (Å²) in [6.45, 7) is 6.85. The van der Waals surface area contributed by atoms with Crippen molar-refractivity contribution < 1.29 is 23.9 Å². The zero-order valence-corrected chi connectivity index (χ0v) is 19.1. The molecule has 1 unspecified atom stereocenters. The lowest BCUT2D eigenvalue weighted by Gasteiger charge is -2.37. The second kappa shape index (κ2) is 11.7. The molecule has 0 bridgehead atoms. The Morgan fingerprint density at radius 2 is 1.87 bits per heavy atom. The smallest absolute Gasteiger partial charge is 0.410 e. The van der Waals surface area contributed by atoms with Crippen LogP contribution in [0.4, 0.5) is 4.79 Å². The minimum atomic E-state index is -0.652. The summed E-state index contributed by atoms with van der Waals surface area (Å²) in [6, 6.07) is 8.91. The highest BCUT2D eigenvalue weighted by molar-refractivity contribution is 5.94. The first kappa shape index (κ1) is 24.7. The van der Waals surface area contributed by atoms with Crippen molar-refractivity contribution in [2.45, 2.75) is 51.7 Å². The Balaban J connectivity index is 1.99. The number of nitrogens with one attached hydrogen (secondary N) is 1. The van der Waals surface area contributed by atoms with Gasteiger partial charge in [0, 0.05) is 38.3 Å². The Morgan fingerprint density at radius 3 is 2.52 bits per heavy atom. The summed E-state index contributed by atoms with van der Waals surface area (Å²) in [7, 11) is 1.55. The monoisotopic (exact) mass is 433 g/mol. The van der Waals surface area contributed by atoms with E-state index in [1.165, 1.54) is 4.90 Å². The molecule has 1 atom stereocenters. The first-order chi connectivity index (χ1) is 14.7. The van der Waals surface area contributed by atoms with Crippen LogP contribution in [0.5, 0.6) is 0 Å². The number of nitrogens with zero attached hydrogens (tertiary/aromatic N) is 2. The van der Waals surface area contributed by atoms with Gasteiger partial charge in [-0.05, 0) is 52.2 Å². The maximum Gasteiger partial charge on any atom is 0.410 e. The number of benzene rings is 1. The number of piperidine rings is 1. The summed E-state index contributed by atoms with van der Waals surface area (Å²) in [5.74, 6) is -0.310. The summed E-state index contributed by atoms with van der Waals surface area (Å²) in [6.07, 6.45) is 2.17. The molecule has 1 saturated heterocycles. The number of rotatable bonds is 8. The summed E-state index contributed by atoms with van der Waals surface area (Å²) in [4.78, 5) is 41.2. The molecule has 1 aliphatic rings. The van der Waals surface area contributed by atoms with Crippen molar-refractivity contribution in [1.82, 2.24) is 15.1 Å². The lowest BCUT2D eigenvalue weighted by Crippen LogP contribution is -2.53. The number of hydrogen-bond donors (Lipinski definition) is 1. The third-order valence-electron chi connectivity index (χ3n) is 5.02. The molecule has 0 aromatic heterocycles. The van der Waals surface area contributed by atoms with Crippen LogP contribution >= 0.6 is 0 Å². The average Bonchev–Trinajstić information content (AvgIpc) is 2.74. The minimum Gasteiger partial charge on any atom is -0.444 e. The molecular weight excluding hydrogens is 398 g/mol. The van der Waals surface area contributed by atoms with E-state index in [2.05, 4.69) is 5.32 Å². The molecule has 1 aromatic rings. The van der Waals surface area contributed by atoms with Crippen LogP contribution in [0, 0.1) is 0 Å². The highest BCUT2D eigenvalue weighted by atomic mass is 16.6. The van der Waals surface area contributed by atoms with Crippen molar-refractivity contribution in [3.8, 4) is 0 Å². The van der Waals surface area contributed by atoms with Gasteiger partial charge in [-0.15, -0.1) is 0 Å². The second-order valence-corrected chi connectivity index (χ2v) is 8.71. The first-order valence-electron chi connectivity index (χ1n) is 10.8. The average molecular weight is 434 g/mol. The molecule has 1 N–H and O–H groups in total. The Morgan fingerprint density at radius 1 is 1.16 bits per heavy atom. The number of ether oxygens (including phenoxy) is 2. The summed E-state index contributed by atoms with van der Waals surface area (Å²) in [5, 5.41) is 2.94. The lowest BCUT2D eigenvalue weighted by atomic mass is 10.0. The van der Waals surface area contributed by atoms with E-state index in [1.807, 2.05) is 18.2 Å². The van der Waals surface area contributed by atoms with Gasteiger partial charge in [-0.2, -0.15) is 0 Å². The quantitative estimate of drug-likeness (QED) is 0.681. The van der Waals surface area contributed by atoms with Crippen molar-refractivity contribution in [2.24, 2.45) is 0 Å². The molecule has 1 aliphatic heterocycles. The molecule has 8 nitrogen and oxygen atoms in total. The van der Waals surface area contributed by atoms with Crippen molar-refractivity contribution in [2.75, 3.05) is 39.9 Å². The molecule has 0 saturated carbocycles. The predicted molar refractivity (Wildman–Crippen MR) is 118 cm³/mol. The Bertz CT molecular complexity index is 732. The summed E-state index contributed by atoms with van der Waals surface area (Å²) < 4.78 is 10.5. The Labute approximate surface area is 184 Å². The third kappa shape index (κ3) is 8.20. The van der Waals surface area contributed by atoms with Crippen molar-refractivity contribution in [3.63, 3.8) is 0 Å². The van der Waals surface area contributed by atoms with Gasteiger partial charge in [0.1, 0.15) is 12.1 Å². The van der Waals surface area contributed by atoms with E-state index in [0.29, 0.717) is 25.3 Å². The summed E-state index contributed by atoms with van der Waals surface area (Å²) >= 11 is 0. The van der Waals surface area contributed by atoms with Gasteiger partial charge in [0.2, 0.25) is 5.91 Å². The van der Waals surface area contributed by atoms with Crippen LogP contribution in [0.2, 0.25) is 0 Å². The number of amides is 3. The normalized spacial score (nSPS) is 16.5. The molecule has 2 rings (SSSR count). The molecule has 31 heavy (non-hydrogen) atoms. The van der Waals surface area contributed by atoms with Gasteiger partial charge in [-0.1, -0.05) is 18.2 Å². The van der Waals surface area contributed by atoms with Gasteiger partial charge in [0.25, 0.3) is 5.91 Å². The van der Waals surface area contributed by atoms with E-state index in [0.717, 1.165) is 19.3 Å². The number of likely N-dealkylation sites (tertiary alicyclic amines) is 1. The number of carbonyl (C=O) groups is 3. The fraction of sp³-hybridized carbons (Fsp3) is 0.609. The van der Waals surface area contributed by atoms with Crippen molar-refractivity contribution in [1.29, 1.82) is 0 Å². The molecule has 3 amide bonds. The fourth-order valence-electron chi connectivity index (χ4n) is 3.46. The van der Waals surface area contributed by atoms with Gasteiger partial charge >= 0.3 is 6.09 Å². The van der Waals surface area contributed by atoms with Crippen LogP contribution < -0.4 is 5.32 Å². The topological polar surface area (TPSA) is 88.2 Å². The molecule has 1 heterocycles. The SMILES string of the molecule is COCCN(CC(=O)N1CCCCC1CNC(=O)c1ccccc1)C(=O)OC(C)(C)C. The minimum absolute atomic E-state index is 0.0819. The predicted octanol–water partition coefficient (Wildman–Crippen LogP) is 2.68. The summed E-state index contributed by atoms with van der Waals surface area (Å²) in [5.41, 5.74) is -0.0623. The van der Waals surface area contributed by atoms with E-state index >= 15 is 0 Å². The van der Waals surface area contributed by atoms with Crippen LogP contribution in [0.3, 0.4) is 0 Å². The molecule has 8 heteroatoms.